The largest absolute Gasteiger partial charge is 0.472 e. The zero-order chi connectivity index (χ0) is 81.7. The molecule has 0 saturated carbocycles. The Morgan fingerprint density at radius 1 is 0.214 bits per heavy atom. The van der Waals surface area contributed by atoms with Gasteiger partial charge in [0.2, 0.25) is 0 Å². The van der Waals surface area contributed by atoms with Crippen LogP contribution in [-0.2, 0) is 65.4 Å². The van der Waals surface area contributed by atoms with Crippen molar-refractivity contribution in [2.75, 3.05) is 39.6 Å². The van der Waals surface area contributed by atoms with E-state index >= 15 is 0 Å². The molecule has 3 N–H and O–H groups in total. The molecular formula is C93H182O17P2. The third kappa shape index (κ3) is 85.9. The summed E-state index contributed by atoms with van der Waals surface area (Å²) in [5.41, 5.74) is 0. The molecule has 2 unspecified atom stereocenters. The molecule has 0 aromatic heterocycles. The van der Waals surface area contributed by atoms with Crippen LogP contribution in [0.25, 0.3) is 0 Å². The lowest BCUT2D eigenvalue weighted by molar-refractivity contribution is -0.161. The van der Waals surface area contributed by atoms with Crippen LogP contribution >= 0.6 is 15.6 Å². The fourth-order valence-electron chi connectivity index (χ4n) is 14.8. The minimum absolute atomic E-state index is 0.110. The van der Waals surface area contributed by atoms with E-state index in [4.69, 9.17) is 37.0 Å². The Labute approximate surface area is 689 Å². The number of aliphatic hydroxyl groups excluding tert-OH is 1. The van der Waals surface area contributed by atoms with Crippen molar-refractivity contribution in [3.63, 3.8) is 0 Å². The molecule has 0 bridgehead atoms. The summed E-state index contributed by atoms with van der Waals surface area (Å²) in [6.45, 7) is 5.11. The van der Waals surface area contributed by atoms with Crippen LogP contribution in [0.4, 0.5) is 0 Å². The summed E-state index contributed by atoms with van der Waals surface area (Å²) in [4.78, 5) is 73.5. The standard InChI is InChI=1S/C93H182O17P2/c1-5-9-13-17-21-25-29-33-36-39-42-44-46-49-52-56-60-64-68-72-76-80-93(98)110-89(84-104-91(96)78-74-70-66-62-58-54-50-48-45-43-40-37-34-30-26-22-18-14-10-6-2)86-108-112(101,102)106-82-87(94)81-105-111(99,100)107-85-88(83-103-90(95)77-73-69-65-61-57-53-32-28-24-20-16-12-8-4)109-92(97)79-75-71-67-63-59-55-51-47-41-38-35-31-27-23-19-15-11-7-3/h87-89,94H,5-86H2,1-4H3,(H,99,100)(H,101,102)/t87-,88+,89+/m0/s1. The summed E-state index contributed by atoms with van der Waals surface area (Å²) in [6.07, 6.45) is 84.8. The third-order valence-corrected chi connectivity index (χ3v) is 24.0. The predicted molar refractivity (Wildman–Crippen MR) is 465 cm³/mol. The molecule has 0 saturated heterocycles. The van der Waals surface area contributed by atoms with Gasteiger partial charge < -0.3 is 33.8 Å². The predicted octanol–water partition coefficient (Wildman–Crippen LogP) is 29.3. The van der Waals surface area contributed by atoms with E-state index in [0.717, 1.165) is 89.9 Å². The summed E-state index contributed by atoms with van der Waals surface area (Å²) < 4.78 is 69.2. The molecule has 0 heterocycles. The second-order valence-corrected chi connectivity index (χ2v) is 36.3. The van der Waals surface area contributed by atoms with E-state index in [0.29, 0.717) is 25.7 Å². The first kappa shape index (κ1) is 110. The van der Waals surface area contributed by atoms with Crippen LogP contribution in [0.2, 0.25) is 0 Å². The normalized spacial score (nSPS) is 13.6. The Morgan fingerprint density at radius 3 is 0.527 bits per heavy atom. The molecule has 19 heteroatoms. The van der Waals surface area contributed by atoms with E-state index in [1.165, 1.54) is 347 Å². The summed E-state index contributed by atoms with van der Waals surface area (Å²) in [7, 11) is -9.94. The Balaban J connectivity index is 5.25. The molecule has 0 amide bonds. The average Bonchev–Trinajstić information content (AvgIpc) is 0.897. The lowest BCUT2D eigenvalue weighted by Gasteiger charge is -2.21. The molecule has 0 aromatic carbocycles. The van der Waals surface area contributed by atoms with Crippen LogP contribution in [0.3, 0.4) is 0 Å². The summed E-state index contributed by atoms with van der Waals surface area (Å²) in [5, 5.41) is 10.7. The Hall–Kier alpha value is -1.94. The van der Waals surface area contributed by atoms with E-state index in [1.54, 1.807) is 0 Å². The zero-order valence-electron chi connectivity index (χ0n) is 73.7. The quantitative estimate of drug-likeness (QED) is 0.0222. The van der Waals surface area contributed by atoms with Crippen molar-refractivity contribution in [2.24, 2.45) is 0 Å². The maximum absolute atomic E-state index is 13.2. The van der Waals surface area contributed by atoms with Gasteiger partial charge in [0, 0.05) is 25.7 Å². The molecule has 5 atom stereocenters. The van der Waals surface area contributed by atoms with E-state index in [9.17, 15) is 43.2 Å². The van der Waals surface area contributed by atoms with Crippen LogP contribution in [0, 0.1) is 0 Å². The molecule has 112 heavy (non-hydrogen) atoms. The first-order valence-corrected chi connectivity index (χ1v) is 51.3. The van der Waals surface area contributed by atoms with Gasteiger partial charge in [0.05, 0.1) is 26.4 Å². The van der Waals surface area contributed by atoms with Crippen molar-refractivity contribution >= 4 is 39.5 Å². The molecule has 0 aliphatic heterocycles. The fourth-order valence-corrected chi connectivity index (χ4v) is 16.3. The van der Waals surface area contributed by atoms with Crippen molar-refractivity contribution in [3.8, 4) is 0 Å². The molecule has 0 aliphatic rings. The average molecular weight is 1630 g/mol. The number of phosphoric ester groups is 2. The van der Waals surface area contributed by atoms with Crippen molar-refractivity contribution in [1.29, 1.82) is 0 Å². The van der Waals surface area contributed by atoms with E-state index in [-0.39, 0.29) is 25.7 Å². The van der Waals surface area contributed by atoms with Gasteiger partial charge in [0.15, 0.2) is 12.2 Å². The number of unbranched alkanes of at least 4 members (excludes halogenated alkanes) is 68. The SMILES string of the molecule is CCCCCCCCCCCCCCCCCCCCCCCC(=O)O[C@H](COC(=O)CCCCCCCCCCCCCCCCCCCCCC)COP(=O)(O)OC[C@@H](O)COP(=O)(O)OC[C@@H](COC(=O)CCCCCCCCCCCCCCC)OC(=O)CCCCCCCCCCCCCCCCCCCC. The molecule has 0 aromatic rings. The van der Waals surface area contributed by atoms with E-state index < -0.39 is 97.5 Å². The highest BCUT2D eigenvalue weighted by Gasteiger charge is 2.31. The lowest BCUT2D eigenvalue weighted by atomic mass is 10.0. The fraction of sp³-hybridized carbons (Fsp3) is 0.957. The monoisotopic (exact) mass is 1630 g/mol. The Kier molecular flexibility index (Phi) is 85.4. The van der Waals surface area contributed by atoms with Gasteiger partial charge >= 0.3 is 39.5 Å². The van der Waals surface area contributed by atoms with Crippen molar-refractivity contribution < 1.29 is 80.2 Å². The van der Waals surface area contributed by atoms with Gasteiger partial charge in [-0.25, -0.2) is 9.13 Å². The first-order chi connectivity index (χ1) is 54.7. The Bertz CT molecular complexity index is 2100. The minimum Gasteiger partial charge on any atom is -0.462 e. The van der Waals surface area contributed by atoms with Crippen LogP contribution in [-0.4, -0.2) is 96.7 Å². The van der Waals surface area contributed by atoms with Crippen molar-refractivity contribution in [3.05, 3.63) is 0 Å². The Morgan fingerprint density at radius 2 is 0.357 bits per heavy atom. The van der Waals surface area contributed by atoms with Gasteiger partial charge in [-0.15, -0.1) is 0 Å². The number of carbonyl (C=O) groups is 4. The number of ether oxygens (including phenoxy) is 4. The summed E-state index contributed by atoms with van der Waals surface area (Å²) in [6, 6.07) is 0. The lowest BCUT2D eigenvalue weighted by Crippen LogP contribution is -2.30. The highest BCUT2D eigenvalue weighted by molar-refractivity contribution is 7.47. The van der Waals surface area contributed by atoms with Crippen LogP contribution in [0.1, 0.15) is 516 Å². The maximum Gasteiger partial charge on any atom is 0.472 e. The minimum atomic E-state index is -4.97. The molecule has 0 aliphatic carbocycles. The second kappa shape index (κ2) is 86.9. The molecule has 666 valence electrons. The molecular weight excluding hydrogens is 1450 g/mol. The molecule has 0 spiro atoms. The van der Waals surface area contributed by atoms with Gasteiger partial charge in [0.1, 0.15) is 19.3 Å². The van der Waals surface area contributed by atoms with Crippen LogP contribution < -0.4 is 0 Å². The highest BCUT2D eigenvalue weighted by atomic mass is 31.2. The van der Waals surface area contributed by atoms with Crippen LogP contribution in [0.15, 0.2) is 0 Å². The first-order valence-electron chi connectivity index (χ1n) is 48.3. The third-order valence-electron chi connectivity index (χ3n) is 22.1. The molecule has 0 radical (unpaired) electrons. The van der Waals surface area contributed by atoms with Crippen LogP contribution in [0.5, 0.6) is 0 Å². The second-order valence-electron chi connectivity index (χ2n) is 33.4. The maximum atomic E-state index is 13.2. The topological polar surface area (TPSA) is 237 Å². The van der Waals surface area contributed by atoms with E-state index in [2.05, 4.69) is 27.7 Å². The highest BCUT2D eigenvalue weighted by Crippen LogP contribution is 2.45. The summed E-state index contributed by atoms with van der Waals surface area (Å²) in [5.74, 6) is -2.09. The van der Waals surface area contributed by atoms with Crippen molar-refractivity contribution in [1.82, 2.24) is 0 Å². The zero-order valence-corrected chi connectivity index (χ0v) is 75.5. The number of hydrogen-bond donors (Lipinski definition) is 3. The van der Waals surface area contributed by atoms with Gasteiger partial charge in [-0.1, -0.05) is 464 Å². The smallest absolute Gasteiger partial charge is 0.462 e. The van der Waals surface area contributed by atoms with Gasteiger partial charge in [-0.2, -0.15) is 0 Å². The van der Waals surface area contributed by atoms with Crippen molar-refractivity contribution in [2.45, 2.75) is 534 Å². The molecule has 0 fully saturated rings. The number of phosphoric acid groups is 2. The number of esters is 4. The molecule has 0 rings (SSSR count). The van der Waals surface area contributed by atoms with Gasteiger partial charge in [-0.05, 0) is 25.7 Å². The molecule has 17 nitrogen and oxygen atoms in total. The summed E-state index contributed by atoms with van der Waals surface area (Å²) >= 11 is 0. The number of aliphatic hydroxyl groups is 1. The number of hydrogen-bond acceptors (Lipinski definition) is 15. The number of carbonyl (C=O) groups excluding carboxylic acids is 4. The number of rotatable bonds is 94. The van der Waals surface area contributed by atoms with E-state index in [1.807, 2.05) is 0 Å². The van der Waals surface area contributed by atoms with Gasteiger partial charge in [0.25, 0.3) is 0 Å². The van der Waals surface area contributed by atoms with Gasteiger partial charge in [-0.3, -0.25) is 37.3 Å².